The number of halogens is 1. The molecule has 0 radical (unpaired) electrons. The summed E-state index contributed by atoms with van der Waals surface area (Å²) in [6.07, 6.45) is 19.8. The lowest BCUT2D eigenvalue weighted by molar-refractivity contribution is -0.116. The molecule has 0 unspecified atom stereocenters. The highest BCUT2D eigenvalue weighted by Crippen LogP contribution is 2.34. The van der Waals surface area contributed by atoms with Gasteiger partial charge >= 0.3 is 0 Å². The van der Waals surface area contributed by atoms with Crippen LogP contribution in [0, 0.1) is 0 Å². The molecule has 0 aliphatic carbocycles. The van der Waals surface area contributed by atoms with Gasteiger partial charge in [-0.1, -0.05) is 135 Å². The van der Waals surface area contributed by atoms with Crippen molar-refractivity contribution in [2.24, 2.45) is 0 Å². The molecule has 4 aromatic rings. The zero-order valence-electron chi connectivity index (χ0n) is 29.8. The third-order valence-corrected chi connectivity index (χ3v) is 9.24. The predicted molar refractivity (Wildman–Crippen MR) is 201 cm³/mol. The van der Waals surface area contributed by atoms with E-state index in [1.165, 1.54) is 94.2 Å². The number of amides is 2. The molecule has 49 heavy (non-hydrogen) atoms. The van der Waals surface area contributed by atoms with Crippen LogP contribution in [0.25, 0.3) is 17.0 Å². The van der Waals surface area contributed by atoms with Gasteiger partial charge < -0.3 is 20.7 Å². The summed E-state index contributed by atoms with van der Waals surface area (Å²) in [5, 5.41) is 25.8. The molecule has 4 N–H and O–H groups in total. The Labute approximate surface area is 296 Å². The summed E-state index contributed by atoms with van der Waals surface area (Å²) >= 11 is 6.57. The van der Waals surface area contributed by atoms with Gasteiger partial charge in [0.2, 0.25) is 5.91 Å². The Balaban J connectivity index is 1.18. The lowest BCUT2D eigenvalue weighted by Gasteiger charge is -2.14. The third kappa shape index (κ3) is 11.6. The van der Waals surface area contributed by atoms with E-state index in [-0.39, 0.29) is 23.0 Å². The summed E-state index contributed by atoms with van der Waals surface area (Å²) in [4.78, 5) is 28.9. The first-order valence-corrected chi connectivity index (χ1v) is 18.6. The minimum Gasteiger partial charge on any atom is -0.507 e. The summed E-state index contributed by atoms with van der Waals surface area (Å²) in [6, 6.07) is 11.6. The molecule has 2 amide bonds. The molecular formula is C39H55ClN6O3. The first-order valence-electron chi connectivity index (χ1n) is 18.3. The number of hydrogen-bond donors (Lipinski definition) is 4. The topological polar surface area (TPSA) is 124 Å². The number of benzene rings is 2. The van der Waals surface area contributed by atoms with Crippen LogP contribution >= 0.6 is 11.6 Å². The average molecular weight is 691 g/mol. The molecule has 0 fully saturated rings. The van der Waals surface area contributed by atoms with Crippen LogP contribution in [0.15, 0.2) is 42.5 Å². The van der Waals surface area contributed by atoms with E-state index in [1.807, 2.05) is 20.8 Å². The number of aromatic nitrogens is 4. The van der Waals surface area contributed by atoms with Crippen molar-refractivity contribution >= 4 is 40.4 Å². The van der Waals surface area contributed by atoms with Gasteiger partial charge in [-0.15, -0.1) is 9.73 Å². The van der Waals surface area contributed by atoms with E-state index in [0.29, 0.717) is 51.1 Å². The lowest BCUT2D eigenvalue weighted by atomic mass is 9.92. The second-order valence-corrected chi connectivity index (χ2v) is 14.6. The maximum absolute atomic E-state index is 13.1. The van der Waals surface area contributed by atoms with Gasteiger partial charge in [-0.05, 0) is 42.8 Å². The van der Waals surface area contributed by atoms with Crippen molar-refractivity contribution in [2.45, 2.75) is 136 Å². The highest BCUT2D eigenvalue weighted by Gasteiger charge is 2.25. The van der Waals surface area contributed by atoms with Crippen LogP contribution in [0.3, 0.4) is 0 Å². The first-order chi connectivity index (χ1) is 23.6. The molecule has 10 heteroatoms. The highest BCUT2D eigenvalue weighted by molar-refractivity contribution is 6.34. The van der Waals surface area contributed by atoms with Gasteiger partial charge in [0.05, 0.1) is 11.3 Å². The number of carbonyl (C=O) groups is 2. The molecular weight excluding hydrogens is 636 g/mol. The third-order valence-electron chi connectivity index (χ3n) is 8.88. The quantitative estimate of drug-likeness (QED) is 0.0542. The van der Waals surface area contributed by atoms with Crippen molar-refractivity contribution in [2.75, 3.05) is 10.6 Å². The molecule has 0 saturated heterocycles. The minimum absolute atomic E-state index is 0.0130. The van der Waals surface area contributed by atoms with Gasteiger partial charge in [-0.2, -0.15) is 5.10 Å². The number of H-pyrrole nitrogens is 1. The van der Waals surface area contributed by atoms with E-state index >= 15 is 0 Å². The van der Waals surface area contributed by atoms with Gasteiger partial charge in [0.25, 0.3) is 5.91 Å². The van der Waals surface area contributed by atoms with Crippen molar-refractivity contribution < 1.29 is 14.7 Å². The van der Waals surface area contributed by atoms with Gasteiger partial charge in [0.1, 0.15) is 10.8 Å². The monoisotopic (exact) mass is 690 g/mol. The Bertz CT molecular complexity index is 1650. The van der Waals surface area contributed by atoms with Crippen LogP contribution in [-0.4, -0.2) is 36.7 Å². The molecule has 0 bridgehead atoms. The van der Waals surface area contributed by atoms with Gasteiger partial charge in [0, 0.05) is 28.8 Å². The van der Waals surface area contributed by atoms with E-state index in [4.69, 9.17) is 11.6 Å². The molecule has 266 valence electrons. The SMILES string of the molecule is CCCCCCCCCCCCCCCCCC(=O)Nc1cccc(C(=O)Nc2ccc(O)c(-c3nn4nc(C(C)(C)C)c(Cl)c4[nH]3)c2)c1. The van der Waals surface area contributed by atoms with Crippen molar-refractivity contribution in [3.05, 3.63) is 58.7 Å². The van der Waals surface area contributed by atoms with Crippen molar-refractivity contribution in [1.82, 2.24) is 19.8 Å². The predicted octanol–water partition coefficient (Wildman–Crippen LogP) is 10.8. The second-order valence-electron chi connectivity index (χ2n) is 14.2. The number of nitrogens with one attached hydrogen (secondary N) is 3. The summed E-state index contributed by atoms with van der Waals surface area (Å²) < 4.78 is 1.42. The molecule has 4 rings (SSSR count). The van der Waals surface area contributed by atoms with Crippen molar-refractivity contribution in [3.8, 4) is 17.1 Å². The Morgan fingerprint density at radius 1 is 0.796 bits per heavy atom. The number of phenols is 1. The molecule has 0 aliphatic heterocycles. The van der Waals surface area contributed by atoms with Crippen LogP contribution in [-0.2, 0) is 10.2 Å². The zero-order valence-corrected chi connectivity index (χ0v) is 30.6. The molecule has 0 saturated carbocycles. The van der Waals surface area contributed by atoms with Crippen LogP contribution in [0.4, 0.5) is 11.4 Å². The standard InChI is InChI=1S/C39H55ClN6O3/c1-5-6-7-8-9-10-11-12-13-14-15-16-17-18-19-23-33(48)41-29-22-20-21-28(26-29)38(49)42-30-24-25-32(47)31(27-30)36-43-37-34(40)35(39(2,3)4)44-46(37)45-36/h20-22,24-27,47H,5-19,23H2,1-4H3,(H,41,48)(H,42,49)(H,43,45). The zero-order chi connectivity index (χ0) is 35.2. The number of nitrogens with zero attached hydrogens (tertiary/aromatic N) is 3. The molecule has 0 aliphatic rings. The van der Waals surface area contributed by atoms with E-state index in [2.05, 4.69) is 32.7 Å². The number of aromatic hydroxyl groups is 1. The minimum atomic E-state index is -0.345. The Morgan fingerprint density at radius 2 is 1.39 bits per heavy atom. The molecule has 0 atom stereocenters. The molecule has 2 aromatic carbocycles. The fraction of sp³-hybridized carbons (Fsp3) is 0.538. The van der Waals surface area contributed by atoms with Gasteiger partial charge in [-0.25, -0.2) is 0 Å². The summed E-state index contributed by atoms with van der Waals surface area (Å²) in [5.74, 6) is -0.0459. The largest absolute Gasteiger partial charge is 0.507 e. The van der Waals surface area contributed by atoms with Crippen molar-refractivity contribution in [1.29, 1.82) is 0 Å². The maximum Gasteiger partial charge on any atom is 0.255 e. The van der Waals surface area contributed by atoms with E-state index < -0.39 is 0 Å². The number of hydrogen-bond acceptors (Lipinski definition) is 5. The van der Waals surface area contributed by atoms with Gasteiger partial charge in [-0.3, -0.25) is 9.59 Å². The number of rotatable bonds is 20. The number of phenolic OH excluding ortho intramolecular Hbond substituents is 1. The fourth-order valence-electron chi connectivity index (χ4n) is 6.02. The van der Waals surface area contributed by atoms with Crippen LogP contribution in [0.2, 0.25) is 5.02 Å². The number of unbranched alkanes of at least 4 members (excludes halogenated alkanes) is 14. The molecule has 2 aromatic heterocycles. The molecule has 0 spiro atoms. The smallest absolute Gasteiger partial charge is 0.255 e. The van der Waals surface area contributed by atoms with E-state index in [0.717, 1.165) is 12.8 Å². The second kappa shape index (κ2) is 18.8. The molecule has 9 nitrogen and oxygen atoms in total. The van der Waals surface area contributed by atoms with Crippen LogP contribution in [0.5, 0.6) is 5.75 Å². The molecule has 2 heterocycles. The van der Waals surface area contributed by atoms with Crippen molar-refractivity contribution in [3.63, 3.8) is 0 Å². The number of aromatic amines is 1. The lowest BCUT2D eigenvalue weighted by Crippen LogP contribution is -2.14. The Hall–Kier alpha value is -3.85. The Kier molecular flexibility index (Phi) is 14.6. The van der Waals surface area contributed by atoms with Gasteiger partial charge in [0.15, 0.2) is 11.5 Å². The average Bonchev–Trinajstić information content (AvgIpc) is 3.63. The van der Waals surface area contributed by atoms with E-state index in [1.54, 1.807) is 36.4 Å². The summed E-state index contributed by atoms with van der Waals surface area (Å²) in [5.41, 5.74) is 2.81. The van der Waals surface area contributed by atoms with E-state index in [9.17, 15) is 14.7 Å². The Morgan fingerprint density at radius 3 is 1.98 bits per heavy atom. The summed E-state index contributed by atoms with van der Waals surface area (Å²) in [6.45, 7) is 8.32. The first kappa shape index (κ1) is 38.0. The number of carbonyl (C=O) groups excluding carboxylic acids is 2. The van der Waals surface area contributed by atoms with Crippen LogP contribution < -0.4 is 10.6 Å². The summed E-state index contributed by atoms with van der Waals surface area (Å²) in [7, 11) is 0. The number of anilines is 2. The van der Waals surface area contributed by atoms with Crippen LogP contribution in [0.1, 0.15) is 146 Å². The normalized spacial score (nSPS) is 11.7. The maximum atomic E-state index is 13.1. The fourth-order valence-corrected chi connectivity index (χ4v) is 6.47. The number of fused-ring (bicyclic) bond motifs is 1. The highest BCUT2D eigenvalue weighted by atomic mass is 35.5.